The molecule has 0 saturated heterocycles. The highest BCUT2D eigenvalue weighted by Crippen LogP contribution is 2.52. The molecule has 1 aliphatic rings. The summed E-state index contributed by atoms with van der Waals surface area (Å²) in [6, 6.07) is 0. The maximum Gasteiger partial charge on any atom is 0.435 e. The summed E-state index contributed by atoms with van der Waals surface area (Å²) in [7, 11) is 0. The van der Waals surface area contributed by atoms with Crippen LogP contribution in [0, 0.1) is 5.92 Å². The van der Waals surface area contributed by atoms with Crippen molar-refractivity contribution in [2.24, 2.45) is 11.7 Å². The number of allylic oxidation sites excluding steroid dienone is 4. The molecule has 0 unspecified atom stereocenters. The largest absolute Gasteiger partial charge is 0.435 e. The van der Waals surface area contributed by atoms with Gasteiger partial charge in [0.15, 0.2) is 0 Å². The maximum absolute atomic E-state index is 13.6. The fraction of sp³-hybridized carbons (Fsp3) is 0.600. The van der Waals surface area contributed by atoms with Crippen LogP contribution in [-0.4, -0.2) is 18.0 Å². The molecule has 0 heterocycles. The van der Waals surface area contributed by atoms with E-state index in [1.54, 1.807) is 0 Å². The molecule has 104 valence electrons. The Morgan fingerprint density at radius 1 is 1.00 bits per heavy atom. The van der Waals surface area contributed by atoms with Crippen molar-refractivity contribution < 1.29 is 30.7 Å². The second-order valence-corrected chi connectivity index (χ2v) is 4.12. The van der Waals surface area contributed by atoms with Gasteiger partial charge < -0.3 is 5.73 Å². The second kappa shape index (κ2) is 4.17. The smallest absolute Gasteiger partial charge is 0.402 e. The lowest BCUT2D eigenvalue weighted by atomic mass is 9.83. The van der Waals surface area contributed by atoms with Crippen LogP contribution in [0.3, 0.4) is 0 Å². The van der Waals surface area contributed by atoms with Gasteiger partial charge >= 0.3 is 18.0 Å². The highest BCUT2D eigenvalue weighted by Gasteiger charge is 2.74. The topological polar surface area (TPSA) is 26.0 Å². The highest BCUT2D eigenvalue weighted by atomic mass is 19.4. The molecule has 0 aromatic carbocycles. The summed E-state index contributed by atoms with van der Waals surface area (Å²) in [6.45, 7) is 1.33. The predicted molar refractivity (Wildman–Crippen MR) is 50.1 cm³/mol. The van der Waals surface area contributed by atoms with Crippen LogP contribution in [0.2, 0.25) is 0 Å². The van der Waals surface area contributed by atoms with Crippen molar-refractivity contribution in [3.63, 3.8) is 0 Å². The summed E-state index contributed by atoms with van der Waals surface area (Å²) < 4.78 is 88.1. The van der Waals surface area contributed by atoms with Crippen LogP contribution in [-0.2, 0) is 0 Å². The van der Waals surface area contributed by atoms with Crippen molar-refractivity contribution in [1.29, 1.82) is 0 Å². The number of hydrogen-bond donors (Lipinski definition) is 1. The molecule has 0 aliphatic heterocycles. The SMILES string of the molecule is C[C@@H]1CC(C(F)(C(F)(F)F)C(F)(F)F)=CC=C1N. The zero-order valence-electron chi connectivity index (χ0n) is 9.16. The van der Waals surface area contributed by atoms with E-state index in [1.807, 2.05) is 0 Å². The lowest BCUT2D eigenvalue weighted by Gasteiger charge is -2.34. The Balaban J connectivity index is 3.32. The quantitative estimate of drug-likeness (QED) is 0.728. The number of halogens is 7. The molecular formula is C10H10F7N. The molecule has 0 saturated carbocycles. The monoisotopic (exact) mass is 277 g/mol. The van der Waals surface area contributed by atoms with E-state index in [0.29, 0.717) is 6.08 Å². The lowest BCUT2D eigenvalue weighted by molar-refractivity contribution is -0.327. The van der Waals surface area contributed by atoms with Crippen molar-refractivity contribution >= 4 is 0 Å². The number of alkyl halides is 7. The maximum atomic E-state index is 13.6. The molecule has 0 aromatic rings. The third kappa shape index (κ3) is 2.20. The van der Waals surface area contributed by atoms with Crippen LogP contribution in [0.15, 0.2) is 23.4 Å². The molecule has 18 heavy (non-hydrogen) atoms. The van der Waals surface area contributed by atoms with Gasteiger partial charge in [-0.3, -0.25) is 0 Å². The van der Waals surface area contributed by atoms with Gasteiger partial charge in [0.05, 0.1) is 0 Å². The Bertz CT molecular complexity index is 374. The van der Waals surface area contributed by atoms with Gasteiger partial charge in [-0.05, 0) is 24.0 Å². The van der Waals surface area contributed by atoms with Crippen LogP contribution in [0.1, 0.15) is 13.3 Å². The first-order valence-electron chi connectivity index (χ1n) is 4.90. The molecule has 0 fully saturated rings. The van der Waals surface area contributed by atoms with Gasteiger partial charge in [0, 0.05) is 5.70 Å². The van der Waals surface area contributed by atoms with Crippen LogP contribution in [0.4, 0.5) is 30.7 Å². The second-order valence-electron chi connectivity index (χ2n) is 4.12. The van der Waals surface area contributed by atoms with Crippen LogP contribution in [0.25, 0.3) is 0 Å². The van der Waals surface area contributed by atoms with Crippen molar-refractivity contribution in [1.82, 2.24) is 0 Å². The average molecular weight is 277 g/mol. The van der Waals surface area contributed by atoms with Crippen LogP contribution < -0.4 is 5.73 Å². The minimum atomic E-state index is -6.06. The van der Waals surface area contributed by atoms with Crippen molar-refractivity contribution in [3.8, 4) is 0 Å². The van der Waals surface area contributed by atoms with Gasteiger partial charge in [-0.1, -0.05) is 13.0 Å². The molecule has 2 N–H and O–H groups in total. The zero-order chi connectivity index (χ0) is 14.4. The van der Waals surface area contributed by atoms with Crippen molar-refractivity contribution in [3.05, 3.63) is 23.4 Å². The zero-order valence-corrected chi connectivity index (χ0v) is 9.16. The first kappa shape index (κ1) is 14.8. The van der Waals surface area contributed by atoms with E-state index >= 15 is 0 Å². The van der Waals surface area contributed by atoms with Crippen molar-refractivity contribution in [2.75, 3.05) is 0 Å². The molecule has 1 nitrogen and oxygen atoms in total. The molecule has 0 amide bonds. The first-order chi connectivity index (χ1) is 7.91. The Morgan fingerprint density at radius 2 is 1.44 bits per heavy atom. The van der Waals surface area contributed by atoms with E-state index in [9.17, 15) is 30.7 Å². The van der Waals surface area contributed by atoms with E-state index in [4.69, 9.17) is 5.73 Å². The van der Waals surface area contributed by atoms with Gasteiger partial charge in [-0.15, -0.1) is 0 Å². The summed E-state index contributed by atoms with van der Waals surface area (Å²) in [5.74, 6) is -0.773. The molecule has 0 spiro atoms. The van der Waals surface area contributed by atoms with Gasteiger partial charge in [0.2, 0.25) is 0 Å². The summed E-state index contributed by atoms with van der Waals surface area (Å²) in [6.07, 6.45) is -11.5. The predicted octanol–water partition coefficient (Wildman–Crippen LogP) is 3.63. The van der Waals surface area contributed by atoms with Gasteiger partial charge in [0.25, 0.3) is 0 Å². The molecule has 0 radical (unpaired) electrons. The summed E-state index contributed by atoms with van der Waals surface area (Å²) in [5.41, 5.74) is -1.25. The summed E-state index contributed by atoms with van der Waals surface area (Å²) >= 11 is 0. The first-order valence-corrected chi connectivity index (χ1v) is 4.90. The van der Waals surface area contributed by atoms with E-state index in [0.717, 1.165) is 6.08 Å². The number of hydrogen-bond acceptors (Lipinski definition) is 1. The van der Waals surface area contributed by atoms with Crippen LogP contribution in [0.5, 0.6) is 0 Å². The molecule has 1 aliphatic carbocycles. The van der Waals surface area contributed by atoms with Gasteiger partial charge in [-0.2, -0.15) is 26.3 Å². The third-order valence-corrected chi connectivity index (χ3v) is 2.80. The summed E-state index contributed by atoms with van der Waals surface area (Å²) in [5, 5.41) is 0. The van der Waals surface area contributed by atoms with E-state index < -0.39 is 35.9 Å². The van der Waals surface area contributed by atoms with Gasteiger partial charge in [-0.25, -0.2) is 4.39 Å². The Labute approximate surface area is 98.1 Å². The van der Waals surface area contributed by atoms with Gasteiger partial charge in [0.1, 0.15) is 0 Å². The van der Waals surface area contributed by atoms with Crippen molar-refractivity contribution in [2.45, 2.75) is 31.4 Å². The summed E-state index contributed by atoms with van der Waals surface area (Å²) in [4.78, 5) is 0. The molecule has 0 bridgehead atoms. The average Bonchev–Trinajstić information content (AvgIpc) is 2.17. The Kier molecular flexibility index (Phi) is 3.44. The Morgan fingerprint density at radius 3 is 1.78 bits per heavy atom. The van der Waals surface area contributed by atoms with Crippen LogP contribution >= 0.6 is 0 Å². The van der Waals surface area contributed by atoms with E-state index in [1.165, 1.54) is 6.92 Å². The number of rotatable bonds is 1. The number of nitrogens with two attached hydrogens (primary N) is 1. The molecule has 8 heteroatoms. The highest BCUT2D eigenvalue weighted by molar-refractivity contribution is 5.33. The normalized spacial score (nSPS) is 22.6. The standard InChI is InChI=1S/C10H10F7N/c1-5-4-6(2-3-7(5)18)8(11,9(12,13)14)10(15,16)17/h2-3,5H,4,18H2,1H3/t5-/m1/s1. The van der Waals surface area contributed by atoms with E-state index in [2.05, 4.69) is 0 Å². The third-order valence-electron chi connectivity index (χ3n) is 2.80. The van der Waals surface area contributed by atoms with E-state index in [-0.39, 0.29) is 5.70 Å². The lowest BCUT2D eigenvalue weighted by Crippen LogP contribution is -2.55. The molecular weight excluding hydrogens is 267 g/mol. The minimum Gasteiger partial charge on any atom is -0.402 e. The fourth-order valence-corrected chi connectivity index (χ4v) is 1.66. The minimum absolute atomic E-state index is 0.116. The molecule has 1 rings (SSSR count). The Hall–Kier alpha value is -1.21. The molecule has 1 atom stereocenters. The molecule has 0 aromatic heterocycles. The fourth-order valence-electron chi connectivity index (χ4n) is 1.66.